The lowest BCUT2D eigenvalue weighted by Crippen LogP contribution is -2.25. The van der Waals surface area contributed by atoms with Crippen LogP contribution >= 0.6 is 0 Å². The molecule has 72 valence electrons. The maximum Gasteiger partial charge on any atom is 0.140 e. The highest BCUT2D eigenvalue weighted by Crippen LogP contribution is 2.19. The molecule has 0 N–H and O–H groups in total. The normalized spacial score (nSPS) is 14.4. The molecular weight excluding hydrogens is 152 g/mol. The summed E-state index contributed by atoms with van der Waals surface area (Å²) in [7, 11) is 1.66. The van der Waals surface area contributed by atoms with E-state index >= 15 is 0 Å². The largest absolute Gasteiger partial charge is 0.381 e. The van der Waals surface area contributed by atoms with Crippen molar-refractivity contribution in [2.45, 2.75) is 46.6 Å². The van der Waals surface area contributed by atoms with E-state index in [-0.39, 0.29) is 17.3 Å². The molecule has 0 aromatic rings. The van der Waals surface area contributed by atoms with Crippen LogP contribution in [-0.4, -0.2) is 19.0 Å². The van der Waals surface area contributed by atoms with Crippen LogP contribution in [0.5, 0.6) is 0 Å². The van der Waals surface area contributed by atoms with Gasteiger partial charge in [-0.25, -0.2) is 0 Å². The predicted octanol–water partition coefficient (Wildman–Crippen LogP) is 2.42. The molecule has 0 aliphatic rings. The van der Waals surface area contributed by atoms with Crippen LogP contribution in [0.4, 0.5) is 0 Å². The lowest BCUT2D eigenvalue weighted by molar-refractivity contribution is -0.128. The molecule has 12 heavy (non-hydrogen) atoms. The molecule has 1 unspecified atom stereocenters. The monoisotopic (exact) mass is 172 g/mol. The number of rotatable bonds is 4. The van der Waals surface area contributed by atoms with Crippen molar-refractivity contribution in [3.05, 3.63) is 0 Å². The second-order valence-electron chi connectivity index (χ2n) is 4.14. The second-order valence-corrected chi connectivity index (χ2v) is 4.14. The van der Waals surface area contributed by atoms with E-state index in [9.17, 15) is 4.79 Å². The van der Waals surface area contributed by atoms with Gasteiger partial charge in [0.1, 0.15) is 5.78 Å². The summed E-state index contributed by atoms with van der Waals surface area (Å²) in [6.45, 7) is 7.86. The molecule has 0 saturated heterocycles. The van der Waals surface area contributed by atoms with Gasteiger partial charge in [0, 0.05) is 18.9 Å². The van der Waals surface area contributed by atoms with Crippen LogP contribution in [0.1, 0.15) is 40.5 Å². The van der Waals surface area contributed by atoms with Crippen molar-refractivity contribution in [3.8, 4) is 0 Å². The van der Waals surface area contributed by atoms with Crippen molar-refractivity contribution in [2.75, 3.05) is 7.11 Å². The topological polar surface area (TPSA) is 26.3 Å². The number of Topliss-reactive ketones (excluding diaryl/α,β-unsaturated/α-hetero) is 1. The summed E-state index contributed by atoms with van der Waals surface area (Å²) in [5, 5.41) is 0. The lowest BCUT2D eigenvalue weighted by atomic mass is 9.87. The highest BCUT2D eigenvalue weighted by Gasteiger charge is 2.23. The van der Waals surface area contributed by atoms with Gasteiger partial charge in [-0.2, -0.15) is 0 Å². The zero-order valence-corrected chi connectivity index (χ0v) is 8.81. The molecule has 0 amide bonds. The first-order chi connectivity index (χ1) is 5.41. The molecule has 0 radical (unpaired) electrons. The van der Waals surface area contributed by atoms with Crippen molar-refractivity contribution in [3.63, 3.8) is 0 Å². The summed E-state index contributed by atoms with van der Waals surface area (Å²) >= 11 is 0. The van der Waals surface area contributed by atoms with Gasteiger partial charge in [-0.15, -0.1) is 0 Å². The van der Waals surface area contributed by atoms with Gasteiger partial charge in [-0.05, 0) is 6.42 Å². The Hall–Kier alpha value is -0.370. The van der Waals surface area contributed by atoms with Gasteiger partial charge < -0.3 is 4.74 Å². The highest BCUT2D eigenvalue weighted by atomic mass is 16.5. The molecule has 1 atom stereocenters. The van der Waals surface area contributed by atoms with Crippen LogP contribution < -0.4 is 0 Å². The highest BCUT2D eigenvalue weighted by molar-refractivity contribution is 5.84. The van der Waals surface area contributed by atoms with Crippen LogP contribution in [0.2, 0.25) is 0 Å². The summed E-state index contributed by atoms with van der Waals surface area (Å²) in [6, 6.07) is 0. The van der Waals surface area contributed by atoms with E-state index in [1.165, 1.54) is 0 Å². The number of hydrogen-bond donors (Lipinski definition) is 0. The number of carbonyl (C=O) groups excluding carboxylic acids is 1. The van der Waals surface area contributed by atoms with E-state index in [0.29, 0.717) is 6.42 Å². The number of carbonyl (C=O) groups is 1. The molecule has 0 spiro atoms. The van der Waals surface area contributed by atoms with Gasteiger partial charge >= 0.3 is 0 Å². The number of hydrogen-bond acceptors (Lipinski definition) is 2. The third-order valence-corrected chi connectivity index (χ3v) is 2.04. The van der Waals surface area contributed by atoms with Crippen molar-refractivity contribution in [1.82, 2.24) is 0 Å². The molecule has 0 aliphatic heterocycles. The molecule has 0 aromatic carbocycles. The Balaban J connectivity index is 3.99. The second kappa shape index (κ2) is 4.61. The van der Waals surface area contributed by atoms with Gasteiger partial charge in [-0.1, -0.05) is 27.7 Å². The number of ether oxygens (including phenoxy) is 1. The first-order valence-corrected chi connectivity index (χ1v) is 4.48. The Morgan fingerprint density at radius 3 is 2.17 bits per heavy atom. The van der Waals surface area contributed by atoms with Gasteiger partial charge in [0.05, 0.1) is 6.10 Å². The Morgan fingerprint density at radius 1 is 1.42 bits per heavy atom. The SMILES string of the molecule is CCC(CC(=O)C(C)(C)C)OC. The molecule has 2 heteroatoms. The quantitative estimate of drug-likeness (QED) is 0.651. The smallest absolute Gasteiger partial charge is 0.140 e. The van der Waals surface area contributed by atoms with E-state index in [1.54, 1.807) is 7.11 Å². The Kier molecular flexibility index (Phi) is 4.46. The van der Waals surface area contributed by atoms with Crippen molar-refractivity contribution >= 4 is 5.78 Å². The summed E-state index contributed by atoms with van der Waals surface area (Å²) in [5.41, 5.74) is -0.230. The fourth-order valence-electron chi connectivity index (χ4n) is 0.907. The van der Waals surface area contributed by atoms with Crippen molar-refractivity contribution in [2.24, 2.45) is 5.41 Å². The van der Waals surface area contributed by atoms with Crippen LogP contribution in [0.25, 0.3) is 0 Å². The van der Waals surface area contributed by atoms with E-state index in [0.717, 1.165) is 6.42 Å². The third-order valence-electron chi connectivity index (χ3n) is 2.04. The first-order valence-electron chi connectivity index (χ1n) is 4.48. The van der Waals surface area contributed by atoms with Gasteiger partial charge in [0.25, 0.3) is 0 Å². The maximum atomic E-state index is 11.5. The Bertz CT molecular complexity index is 140. The van der Waals surface area contributed by atoms with Crippen LogP contribution in [0, 0.1) is 5.41 Å². The molecule has 0 rings (SSSR count). The summed E-state index contributed by atoms with van der Waals surface area (Å²) < 4.78 is 5.14. The fraction of sp³-hybridized carbons (Fsp3) is 0.900. The van der Waals surface area contributed by atoms with Crippen LogP contribution in [0.15, 0.2) is 0 Å². The Labute approximate surface area is 75.3 Å². The van der Waals surface area contributed by atoms with E-state index in [2.05, 4.69) is 0 Å². The lowest BCUT2D eigenvalue weighted by Gasteiger charge is -2.20. The fourth-order valence-corrected chi connectivity index (χ4v) is 0.907. The van der Waals surface area contributed by atoms with E-state index < -0.39 is 0 Å². The van der Waals surface area contributed by atoms with E-state index in [1.807, 2.05) is 27.7 Å². The minimum atomic E-state index is -0.230. The average Bonchev–Trinajstić information content (AvgIpc) is 1.97. The minimum absolute atomic E-state index is 0.0942. The maximum absolute atomic E-state index is 11.5. The standard InChI is InChI=1S/C10H20O2/c1-6-8(12-5)7-9(11)10(2,3)4/h8H,6-7H2,1-5H3. The predicted molar refractivity (Wildman–Crippen MR) is 50.2 cm³/mol. The molecule has 2 nitrogen and oxygen atoms in total. The number of methoxy groups -OCH3 is 1. The zero-order chi connectivity index (χ0) is 9.78. The third kappa shape index (κ3) is 3.86. The van der Waals surface area contributed by atoms with E-state index in [4.69, 9.17) is 4.74 Å². The molecular formula is C10H20O2. The summed E-state index contributed by atoms with van der Waals surface area (Å²) in [6.07, 6.45) is 1.53. The van der Waals surface area contributed by atoms with Crippen molar-refractivity contribution in [1.29, 1.82) is 0 Å². The first kappa shape index (κ1) is 11.6. The van der Waals surface area contributed by atoms with Crippen molar-refractivity contribution < 1.29 is 9.53 Å². The van der Waals surface area contributed by atoms with Gasteiger partial charge in [0.15, 0.2) is 0 Å². The molecule has 0 saturated carbocycles. The molecule has 0 fully saturated rings. The van der Waals surface area contributed by atoms with Crippen LogP contribution in [-0.2, 0) is 9.53 Å². The summed E-state index contributed by atoms with van der Waals surface area (Å²) in [4.78, 5) is 11.5. The van der Waals surface area contributed by atoms with Gasteiger partial charge in [-0.3, -0.25) is 4.79 Å². The summed E-state index contributed by atoms with van der Waals surface area (Å²) in [5.74, 6) is 0.274. The minimum Gasteiger partial charge on any atom is -0.381 e. The zero-order valence-electron chi connectivity index (χ0n) is 8.81. The Morgan fingerprint density at radius 2 is 1.92 bits per heavy atom. The van der Waals surface area contributed by atoms with Crippen LogP contribution in [0.3, 0.4) is 0 Å². The average molecular weight is 172 g/mol. The molecule has 0 aromatic heterocycles. The molecule has 0 aliphatic carbocycles. The molecule has 0 bridgehead atoms. The van der Waals surface area contributed by atoms with Gasteiger partial charge in [0.2, 0.25) is 0 Å². The number of ketones is 1. The molecule has 0 heterocycles.